The molecule has 0 aliphatic rings. The summed E-state index contributed by atoms with van der Waals surface area (Å²) in [5.41, 5.74) is 0. The van der Waals surface area contributed by atoms with Crippen LogP contribution in [0.3, 0.4) is 0 Å². The maximum atomic E-state index is 11.9. The minimum absolute atomic E-state index is 0.213. The fourth-order valence-corrected chi connectivity index (χ4v) is 3.39. The summed E-state index contributed by atoms with van der Waals surface area (Å²) in [4.78, 5) is 11.7. The Morgan fingerprint density at radius 2 is 1.90 bits per heavy atom. The molecule has 8 heteroatoms. The van der Waals surface area contributed by atoms with Crippen molar-refractivity contribution < 1.29 is 22.7 Å². The number of benzene rings is 1. The Balaban J connectivity index is 1.88. The molecule has 0 radical (unpaired) electrons. The molecule has 6 nitrogen and oxygen atoms in total. The van der Waals surface area contributed by atoms with Crippen LogP contribution in [0.4, 0.5) is 0 Å². The molecule has 2 rings (SSSR count). The van der Waals surface area contributed by atoms with Gasteiger partial charge in [0.15, 0.2) is 0 Å². The van der Waals surface area contributed by atoms with Gasteiger partial charge in [0, 0.05) is 17.2 Å². The predicted octanol–water partition coefficient (Wildman–Crippen LogP) is 2.05. The first-order valence-electron chi connectivity index (χ1n) is 6.00. The number of thioether (sulfide) groups is 1. The largest absolute Gasteiger partial charge is 0.475 e. The lowest BCUT2D eigenvalue weighted by molar-refractivity contribution is 0.0656. The second-order valence-electron chi connectivity index (χ2n) is 3.98. The molecular weight excluding hydrogens is 314 g/mol. The SMILES string of the molecule is O=C(O)c1ccc(S(=O)(=O)NCCSc2ccccc2)o1. The van der Waals surface area contributed by atoms with Gasteiger partial charge in [-0.15, -0.1) is 11.8 Å². The van der Waals surface area contributed by atoms with E-state index in [9.17, 15) is 13.2 Å². The molecule has 0 unspecified atom stereocenters. The van der Waals surface area contributed by atoms with E-state index in [1.807, 2.05) is 30.3 Å². The Morgan fingerprint density at radius 3 is 2.52 bits per heavy atom. The van der Waals surface area contributed by atoms with Crippen molar-refractivity contribution in [3.05, 3.63) is 48.2 Å². The van der Waals surface area contributed by atoms with Crippen LogP contribution >= 0.6 is 11.8 Å². The number of carboxylic acid groups (broad SMARTS) is 1. The smallest absolute Gasteiger partial charge is 0.371 e. The molecule has 1 aromatic carbocycles. The molecule has 0 spiro atoms. The normalized spacial score (nSPS) is 11.4. The molecule has 2 N–H and O–H groups in total. The minimum Gasteiger partial charge on any atom is -0.475 e. The van der Waals surface area contributed by atoms with Gasteiger partial charge in [0.1, 0.15) is 0 Å². The van der Waals surface area contributed by atoms with Gasteiger partial charge in [0.25, 0.3) is 10.0 Å². The van der Waals surface area contributed by atoms with Gasteiger partial charge in [0.2, 0.25) is 10.9 Å². The van der Waals surface area contributed by atoms with Crippen molar-refractivity contribution in [2.45, 2.75) is 9.99 Å². The van der Waals surface area contributed by atoms with Crippen LogP contribution in [0.1, 0.15) is 10.6 Å². The van der Waals surface area contributed by atoms with Crippen LogP contribution in [0.15, 0.2) is 56.9 Å². The quantitative estimate of drug-likeness (QED) is 0.597. The van der Waals surface area contributed by atoms with Gasteiger partial charge < -0.3 is 9.52 Å². The molecule has 0 aliphatic heterocycles. The standard InChI is InChI=1S/C13H13NO5S2/c15-13(16)11-6-7-12(19-11)21(17,18)14-8-9-20-10-4-2-1-3-5-10/h1-7,14H,8-9H2,(H,15,16). The summed E-state index contributed by atoms with van der Waals surface area (Å²) < 4.78 is 30.9. The first kappa shape index (κ1) is 15.6. The van der Waals surface area contributed by atoms with Crippen LogP contribution < -0.4 is 4.72 Å². The summed E-state index contributed by atoms with van der Waals surface area (Å²) >= 11 is 1.51. The van der Waals surface area contributed by atoms with E-state index >= 15 is 0 Å². The Hall–Kier alpha value is -1.77. The average Bonchev–Trinajstić information content (AvgIpc) is 2.96. The van der Waals surface area contributed by atoms with Gasteiger partial charge in [-0.25, -0.2) is 17.9 Å². The number of aromatic carboxylic acids is 1. The molecule has 0 atom stereocenters. The number of nitrogens with one attached hydrogen (secondary N) is 1. The number of furan rings is 1. The van der Waals surface area contributed by atoms with Crippen LogP contribution in [-0.4, -0.2) is 31.8 Å². The van der Waals surface area contributed by atoms with Gasteiger partial charge in [-0.1, -0.05) is 18.2 Å². The van der Waals surface area contributed by atoms with Crippen molar-refractivity contribution in [1.29, 1.82) is 0 Å². The maximum absolute atomic E-state index is 11.9. The zero-order chi connectivity index (χ0) is 15.3. The number of hydrogen-bond acceptors (Lipinski definition) is 5. The third-order valence-electron chi connectivity index (χ3n) is 2.46. The fourth-order valence-electron chi connectivity index (χ4n) is 1.51. The summed E-state index contributed by atoms with van der Waals surface area (Å²) in [5, 5.41) is 8.29. The minimum atomic E-state index is -3.82. The summed E-state index contributed by atoms with van der Waals surface area (Å²) in [7, 11) is -3.82. The second kappa shape index (κ2) is 6.79. The molecule has 0 amide bonds. The lowest BCUT2D eigenvalue weighted by Crippen LogP contribution is -2.25. The summed E-state index contributed by atoms with van der Waals surface area (Å²) in [6, 6.07) is 11.8. The van der Waals surface area contributed by atoms with Gasteiger partial charge in [-0.2, -0.15) is 0 Å². The predicted molar refractivity (Wildman–Crippen MR) is 78.0 cm³/mol. The topological polar surface area (TPSA) is 96.6 Å². The number of hydrogen-bond donors (Lipinski definition) is 2. The Labute approximate surface area is 126 Å². The summed E-state index contributed by atoms with van der Waals surface area (Å²) in [5.74, 6) is -1.17. The van der Waals surface area contributed by atoms with E-state index in [2.05, 4.69) is 4.72 Å². The second-order valence-corrected chi connectivity index (χ2v) is 6.85. The zero-order valence-electron chi connectivity index (χ0n) is 10.9. The highest BCUT2D eigenvalue weighted by Crippen LogP contribution is 2.17. The third kappa shape index (κ3) is 4.35. The van der Waals surface area contributed by atoms with Gasteiger partial charge in [-0.3, -0.25) is 0 Å². The van der Waals surface area contributed by atoms with E-state index in [-0.39, 0.29) is 6.54 Å². The molecule has 1 heterocycles. The Kier molecular flexibility index (Phi) is 5.05. The first-order valence-corrected chi connectivity index (χ1v) is 8.46. The lowest BCUT2D eigenvalue weighted by atomic mass is 10.4. The zero-order valence-corrected chi connectivity index (χ0v) is 12.5. The molecule has 1 aromatic heterocycles. The summed E-state index contributed by atoms with van der Waals surface area (Å²) in [6.45, 7) is 0.213. The van der Waals surface area contributed by atoms with Crippen LogP contribution in [0, 0.1) is 0 Å². The molecule has 0 saturated heterocycles. The molecule has 0 bridgehead atoms. The number of carboxylic acids is 1. The average molecular weight is 327 g/mol. The van der Waals surface area contributed by atoms with Crippen LogP contribution in [0.2, 0.25) is 0 Å². The molecule has 0 saturated carbocycles. The number of rotatable bonds is 7. The van der Waals surface area contributed by atoms with E-state index in [1.165, 1.54) is 11.8 Å². The Morgan fingerprint density at radius 1 is 1.19 bits per heavy atom. The van der Waals surface area contributed by atoms with E-state index < -0.39 is 26.8 Å². The van der Waals surface area contributed by atoms with Crippen molar-refractivity contribution in [2.75, 3.05) is 12.3 Å². The van der Waals surface area contributed by atoms with Gasteiger partial charge in [0.05, 0.1) is 0 Å². The highest BCUT2D eigenvalue weighted by atomic mass is 32.2. The monoisotopic (exact) mass is 327 g/mol. The Bertz CT molecular complexity index is 709. The summed E-state index contributed by atoms with van der Waals surface area (Å²) in [6.07, 6.45) is 0. The van der Waals surface area contributed by atoms with Crippen molar-refractivity contribution in [2.24, 2.45) is 0 Å². The van der Waals surface area contributed by atoms with Crippen molar-refractivity contribution in [3.63, 3.8) is 0 Å². The molecule has 0 fully saturated rings. The fraction of sp³-hybridized carbons (Fsp3) is 0.154. The van der Waals surface area contributed by atoms with Crippen LogP contribution in [-0.2, 0) is 10.0 Å². The van der Waals surface area contributed by atoms with E-state index in [1.54, 1.807) is 0 Å². The van der Waals surface area contributed by atoms with Crippen molar-refractivity contribution in [3.8, 4) is 0 Å². The molecule has 21 heavy (non-hydrogen) atoms. The van der Waals surface area contributed by atoms with Gasteiger partial charge in [-0.05, 0) is 24.3 Å². The maximum Gasteiger partial charge on any atom is 0.371 e. The van der Waals surface area contributed by atoms with E-state index in [0.29, 0.717) is 5.75 Å². The number of carbonyl (C=O) groups is 1. The third-order valence-corrected chi connectivity index (χ3v) is 4.81. The van der Waals surface area contributed by atoms with E-state index in [4.69, 9.17) is 9.52 Å². The first-order chi connectivity index (χ1) is 9.99. The van der Waals surface area contributed by atoms with Crippen LogP contribution in [0.25, 0.3) is 0 Å². The highest BCUT2D eigenvalue weighted by molar-refractivity contribution is 7.99. The van der Waals surface area contributed by atoms with Crippen molar-refractivity contribution in [1.82, 2.24) is 4.72 Å². The van der Waals surface area contributed by atoms with Gasteiger partial charge >= 0.3 is 5.97 Å². The lowest BCUT2D eigenvalue weighted by Gasteiger charge is -2.04. The number of sulfonamides is 1. The molecule has 2 aromatic rings. The van der Waals surface area contributed by atoms with E-state index in [0.717, 1.165) is 17.0 Å². The highest BCUT2D eigenvalue weighted by Gasteiger charge is 2.20. The van der Waals surface area contributed by atoms with Crippen LogP contribution in [0.5, 0.6) is 0 Å². The molecule has 0 aliphatic carbocycles. The van der Waals surface area contributed by atoms with Crippen molar-refractivity contribution >= 4 is 27.8 Å². The molecular formula is C13H13NO5S2. The molecule has 112 valence electrons.